The fourth-order valence-electron chi connectivity index (χ4n) is 4.99. The molecule has 0 heterocycles. The van der Waals surface area contributed by atoms with E-state index in [0.29, 0.717) is 32.3 Å². The van der Waals surface area contributed by atoms with E-state index in [-0.39, 0.29) is 43.3 Å². The molecule has 0 saturated heterocycles. The first kappa shape index (κ1) is 35.8. The van der Waals surface area contributed by atoms with Crippen molar-refractivity contribution in [3.63, 3.8) is 0 Å². The van der Waals surface area contributed by atoms with Crippen molar-refractivity contribution in [3.05, 3.63) is 127 Å². The van der Waals surface area contributed by atoms with Gasteiger partial charge in [-0.15, -0.1) is 13.2 Å². The number of carbonyl (C=O) groups excluding carboxylic acids is 3. The lowest BCUT2D eigenvalue weighted by molar-refractivity contribution is -0.149. The zero-order chi connectivity index (χ0) is 33.1. The summed E-state index contributed by atoms with van der Waals surface area (Å²) in [5, 5.41) is 15.6. The van der Waals surface area contributed by atoms with Gasteiger partial charge in [0.1, 0.15) is 19.0 Å². The van der Waals surface area contributed by atoms with Crippen LogP contribution in [-0.4, -0.2) is 48.2 Å². The van der Waals surface area contributed by atoms with E-state index in [4.69, 9.17) is 9.47 Å². The molecule has 0 saturated carbocycles. The number of benzene rings is 3. The molecule has 8 nitrogen and oxygen atoms in total. The number of rotatable bonds is 20. The molecule has 3 aromatic carbocycles. The summed E-state index contributed by atoms with van der Waals surface area (Å²) in [5.74, 6) is -1.35. The highest BCUT2D eigenvalue weighted by Gasteiger charge is 2.25. The molecule has 4 unspecified atom stereocenters. The van der Waals surface area contributed by atoms with Crippen LogP contribution in [0.1, 0.15) is 42.9 Å². The van der Waals surface area contributed by atoms with Gasteiger partial charge < -0.3 is 25.2 Å². The number of amides is 2. The average molecular weight is 627 g/mol. The van der Waals surface area contributed by atoms with Gasteiger partial charge in [0.15, 0.2) is 0 Å². The molecule has 0 bridgehead atoms. The molecule has 0 aliphatic rings. The number of esters is 1. The van der Waals surface area contributed by atoms with Crippen LogP contribution in [0.4, 0.5) is 0 Å². The van der Waals surface area contributed by atoms with E-state index < -0.39 is 18.0 Å². The summed E-state index contributed by atoms with van der Waals surface area (Å²) in [6.45, 7) is 9.45. The SMILES string of the molecule is C=CCC(CC(=O)NC(CO)Cc1ccc(OCc2ccccc2)cc1)C(=O)NC(C)COC(=O)C(CC=C)Cc1ccccc1. The van der Waals surface area contributed by atoms with Crippen LogP contribution in [0.3, 0.4) is 0 Å². The Morgan fingerprint density at radius 2 is 1.37 bits per heavy atom. The Balaban J connectivity index is 1.45. The minimum Gasteiger partial charge on any atom is -0.489 e. The summed E-state index contributed by atoms with van der Waals surface area (Å²) >= 11 is 0. The maximum Gasteiger partial charge on any atom is 0.309 e. The Morgan fingerprint density at radius 1 is 0.783 bits per heavy atom. The van der Waals surface area contributed by atoms with E-state index in [9.17, 15) is 19.5 Å². The van der Waals surface area contributed by atoms with Crippen LogP contribution < -0.4 is 15.4 Å². The molecule has 0 spiro atoms. The van der Waals surface area contributed by atoms with Gasteiger partial charge in [0, 0.05) is 6.42 Å². The number of hydrogen-bond donors (Lipinski definition) is 3. The molecule has 8 heteroatoms. The van der Waals surface area contributed by atoms with Crippen LogP contribution in [0.5, 0.6) is 5.75 Å². The van der Waals surface area contributed by atoms with E-state index in [1.165, 1.54) is 0 Å². The highest BCUT2D eigenvalue weighted by Crippen LogP contribution is 2.17. The number of carbonyl (C=O) groups is 3. The zero-order valence-electron chi connectivity index (χ0n) is 26.6. The summed E-state index contributed by atoms with van der Waals surface area (Å²) in [6, 6.07) is 26.1. The number of nitrogens with one attached hydrogen (secondary N) is 2. The van der Waals surface area contributed by atoms with Crippen LogP contribution in [0.2, 0.25) is 0 Å². The van der Waals surface area contributed by atoms with Gasteiger partial charge in [0.25, 0.3) is 0 Å². The highest BCUT2D eigenvalue weighted by atomic mass is 16.5. The van der Waals surface area contributed by atoms with Gasteiger partial charge in [-0.1, -0.05) is 84.9 Å². The molecule has 3 aromatic rings. The van der Waals surface area contributed by atoms with Crippen molar-refractivity contribution in [1.29, 1.82) is 0 Å². The van der Waals surface area contributed by atoms with E-state index in [1.807, 2.05) is 84.9 Å². The fraction of sp³-hybridized carbons (Fsp3) is 0.342. The van der Waals surface area contributed by atoms with Crippen molar-refractivity contribution < 1.29 is 29.0 Å². The highest BCUT2D eigenvalue weighted by molar-refractivity contribution is 5.86. The smallest absolute Gasteiger partial charge is 0.309 e. The van der Waals surface area contributed by atoms with Crippen molar-refractivity contribution in [2.75, 3.05) is 13.2 Å². The van der Waals surface area contributed by atoms with Crippen molar-refractivity contribution >= 4 is 17.8 Å². The second-order valence-electron chi connectivity index (χ2n) is 11.4. The Labute approximate surface area is 272 Å². The first-order chi connectivity index (χ1) is 22.3. The quantitative estimate of drug-likeness (QED) is 0.115. The topological polar surface area (TPSA) is 114 Å². The number of aliphatic hydroxyl groups excluding tert-OH is 1. The third-order valence-electron chi connectivity index (χ3n) is 7.47. The Kier molecular flexibility index (Phi) is 15.3. The molecule has 0 radical (unpaired) electrons. The Hall–Kier alpha value is -4.69. The van der Waals surface area contributed by atoms with Crippen LogP contribution in [-0.2, 0) is 38.6 Å². The molecule has 0 fully saturated rings. The standard InChI is InChI=1S/C38H46N2O6/c1-4-12-32(37(43)39-28(3)26-46-38(44)33(13-5-2)22-29-14-8-6-9-15-29)24-36(42)40-34(25-41)23-30-18-20-35(21-19-30)45-27-31-16-10-7-11-17-31/h4-11,14-21,28,32-34,41H,1-2,12-13,22-27H2,3H3,(H,39,43)(H,40,42). The van der Waals surface area contributed by atoms with E-state index in [0.717, 1.165) is 22.4 Å². The van der Waals surface area contributed by atoms with Crippen molar-refractivity contribution in [2.24, 2.45) is 11.8 Å². The largest absolute Gasteiger partial charge is 0.489 e. The predicted octanol–water partition coefficient (Wildman–Crippen LogP) is 5.35. The molecule has 244 valence electrons. The molecule has 0 aliphatic heterocycles. The zero-order valence-corrected chi connectivity index (χ0v) is 26.6. The van der Waals surface area contributed by atoms with Gasteiger partial charge in [0.2, 0.25) is 11.8 Å². The van der Waals surface area contributed by atoms with Gasteiger partial charge in [-0.2, -0.15) is 0 Å². The van der Waals surface area contributed by atoms with Gasteiger partial charge in [-0.05, 0) is 61.4 Å². The molecule has 3 rings (SSSR count). The summed E-state index contributed by atoms with van der Waals surface area (Å²) in [4.78, 5) is 38.8. The molecule has 4 atom stereocenters. The maximum absolute atomic E-state index is 13.1. The van der Waals surface area contributed by atoms with Crippen LogP contribution in [0.15, 0.2) is 110 Å². The first-order valence-corrected chi connectivity index (χ1v) is 15.7. The molecule has 46 heavy (non-hydrogen) atoms. The monoisotopic (exact) mass is 626 g/mol. The lowest BCUT2D eigenvalue weighted by Gasteiger charge is -2.22. The Bertz CT molecular complexity index is 1380. The number of ether oxygens (including phenoxy) is 2. The molecule has 0 aromatic heterocycles. The number of allylic oxidation sites excluding steroid dienone is 2. The van der Waals surface area contributed by atoms with Gasteiger partial charge in [-0.3, -0.25) is 14.4 Å². The fourth-order valence-corrected chi connectivity index (χ4v) is 4.99. The normalized spacial score (nSPS) is 13.3. The van der Waals surface area contributed by atoms with Crippen LogP contribution in [0.25, 0.3) is 0 Å². The van der Waals surface area contributed by atoms with Gasteiger partial charge in [-0.25, -0.2) is 0 Å². The summed E-state index contributed by atoms with van der Waals surface area (Å²) in [5.41, 5.74) is 3.03. The van der Waals surface area contributed by atoms with E-state index >= 15 is 0 Å². The average Bonchev–Trinajstić information content (AvgIpc) is 3.07. The summed E-state index contributed by atoms with van der Waals surface area (Å²) < 4.78 is 11.4. The second-order valence-corrected chi connectivity index (χ2v) is 11.4. The number of hydrogen-bond acceptors (Lipinski definition) is 6. The molecular weight excluding hydrogens is 580 g/mol. The summed E-state index contributed by atoms with van der Waals surface area (Å²) in [6.07, 6.45) is 4.94. The third-order valence-corrected chi connectivity index (χ3v) is 7.47. The van der Waals surface area contributed by atoms with E-state index in [1.54, 1.807) is 19.1 Å². The Morgan fingerprint density at radius 3 is 1.98 bits per heavy atom. The summed E-state index contributed by atoms with van der Waals surface area (Å²) in [7, 11) is 0. The van der Waals surface area contributed by atoms with Crippen molar-refractivity contribution in [3.8, 4) is 5.75 Å². The first-order valence-electron chi connectivity index (χ1n) is 15.7. The second kappa shape index (κ2) is 19.6. The van der Waals surface area contributed by atoms with Crippen LogP contribution in [0, 0.1) is 11.8 Å². The third kappa shape index (κ3) is 12.7. The predicted molar refractivity (Wildman–Crippen MR) is 180 cm³/mol. The van der Waals surface area contributed by atoms with Crippen LogP contribution >= 0.6 is 0 Å². The minimum absolute atomic E-state index is 0.00266. The molecule has 2 amide bonds. The molecule has 3 N–H and O–H groups in total. The van der Waals surface area contributed by atoms with Crippen molar-refractivity contribution in [2.45, 2.75) is 57.7 Å². The van der Waals surface area contributed by atoms with E-state index in [2.05, 4.69) is 23.8 Å². The van der Waals surface area contributed by atoms with Crippen molar-refractivity contribution in [1.82, 2.24) is 10.6 Å². The molecule has 0 aliphatic carbocycles. The van der Waals surface area contributed by atoms with Gasteiger partial charge >= 0.3 is 5.97 Å². The molecular formula is C38H46N2O6. The lowest BCUT2D eigenvalue weighted by Crippen LogP contribution is -2.44. The minimum atomic E-state index is -0.664. The van der Waals surface area contributed by atoms with Gasteiger partial charge in [0.05, 0.1) is 30.5 Å². The lowest BCUT2D eigenvalue weighted by atomic mass is 9.96. The number of aliphatic hydroxyl groups is 1. The maximum atomic E-state index is 13.1.